The molecule has 0 amide bonds. The molecule has 1 aliphatic rings. The van der Waals surface area contributed by atoms with Crippen molar-refractivity contribution in [3.8, 4) is 5.75 Å². The van der Waals surface area contributed by atoms with E-state index in [9.17, 15) is 5.11 Å². The monoisotopic (exact) mass is 458 g/mol. The topological polar surface area (TPSA) is 29.5 Å². The first kappa shape index (κ1) is 27.2. The van der Waals surface area contributed by atoms with Crippen molar-refractivity contribution >= 4 is 8.32 Å². The predicted molar refractivity (Wildman–Crippen MR) is 142 cm³/mol. The van der Waals surface area contributed by atoms with Crippen LogP contribution in [0.1, 0.15) is 85.6 Å². The Morgan fingerprint density at radius 2 is 1.91 bits per heavy atom. The highest BCUT2D eigenvalue weighted by Crippen LogP contribution is 2.46. The lowest BCUT2D eigenvalue weighted by Gasteiger charge is -2.39. The number of phenols is 1. The number of rotatable bonds is 11. The minimum Gasteiger partial charge on any atom is -0.508 e. The number of aromatic hydroxyl groups is 1. The van der Waals surface area contributed by atoms with Crippen LogP contribution in [0.5, 0.6) is 5.75 Å². The smallest absolute Gasteiger partial charge is 0.192 e. The van der Waals surface area contributed by atoms with E-state index < -0.39 is 8.32 Å². The van der Waals surface area contributed by atoms with E-state index in [0.717, 1.165) is 18.8 Å². The van der Waals surface area contributed by atoms with Crippen LogP contribution in [0.15, 0.2) is 36.4 Å². The quantitative estimate of drug-likeness (QED) is 0.204. The molecule has 0 aromatic heterocycles. The fraction of sp³-hybridized carbons (Fsp3) is 0.724. The molecule has 182 valence electrons. The molecule has 3 heteroatoms. The van der Waals surface area contributed by atoms with Gasteiger partial charge in [-0.25, -0.2) is 0 Å². The second-order valence-electron chi connectivity index (χ2n) is 11.8. The Kier molecular flexibility index (Phi) is 10.1. The Labute approximate surface area is 200 Å². The van der Waals surface area contributed by atoms with Gasteiger partial charge in [-0.3, -0.25) is 0 Å². The summed E-state index contributed by atoms with van der Waals surface area (Å²) in [5, 5.41) is 10.2. The van der Waals surface area contributed by atoms with Gasteiger partial charge in [0.05, 0.1) is 6.10 Å². The van der Waals surface area contributed by atoms with Crippen LogP contribution in [0.4, 0.5) is 0 Å². The molecule has 1 aromatic carbocycles. The lowest BCUT2D eigenvalue weighted by Crippen LogP contribution is -2.43. The maximum Gasteiger partial charge on any atom is 0.192 e. The fourth-order valence-electron chi connectivity index (χ4n) is 5.20. The summed E-state index contributed by atoms with van der Waals surface area (Å²) in [6.07, 6.45) is 13.7. The number of unbranched alkanes of at least 4 members (excludes halogenated alkanes) is 2. The molecule has 1 aromatic rings. The van der Waals surface area contributed by atoms with Gasteiger partial charge >= 0.3 is 0 Å². The van der Waals surface area contributed by atoms with Gasteiger partial charge in [0.25, 0.3) is 0 Å². The second-order valence-corrected chi connectivity index (χ2v) is 16.6. The molecule has 32 heavy (non-hydrogen) atoms. The van der Waals surface area contributed by atoms with E-state index >= 15 is 0 Å². The van der Waals surface area contributed by atoms with Gasteiger partial charge < -0.3 is 9.53 Å². The van der Waals surface area contributed by atoms with Crippen molar-refractivity contribution in [3.05, 3.63) is 42.0 Å². The zero-order chi connectivity index (χ0) is 23.9. The third kappa shape index (κ3) is 7.48. The highest BCUT2D eigenvalue weighted by atomic mass is 28.4. The Morgan fingerprint density at radius 3 is 2.50 bits per heavy atom. The van der Waals surface area contributed by atoms with Crippen LogP contribution in [0.2, 0.25) is 18.1 Å². The molecule has 1 saturated carbocycles. The molecule has 1 aliphatic carbocycles. The summed E-state index contributed by atoms with van der Waals surface area (Å²) in [6, 6.07) is 7.87. The molecule has 0 radical (unpaired) electrons. The Hall–Kier alpha value is -1.06. The molecule has 0 saturated heterocycles. The molecule has 2 nitrogen and oxygen atoms in total. The predicted octanol–water partition coefficient (Wildman–Crippen LogP) is 8.76. The Balaban J connectivity index is 2.21. The standard InChI is InChI=1S/C29H50O2Si/c1-9-11-12-16-26(31-32(7,8)29(4,5)6)17-18-27-22(3)19-24(10-2)28(27)21-23-14-13-15-25(30)20-23/h13-15,17-18,20,22,24,26-28,30H,9-12,16,19,21H2,1-8H3/b18-17+/t22-,24+,26+,27+,28+/m1/s1. The summed E-state index contributed by atoms with van der Waals surface area (Å²) < 4.78 is 6.89. The Morgan fingerprint density at radius 1 is 1.19 bits per heavy atom. The highest BCUT2D eigenvalue weighted by Gasteiger charge is 2.40. The lowest BCUT2D eigenvalue weighted by molar-refractivity contribution is 0.209. The molecule has 0 aliphatic heterocycles. The van der Waals surface area contributed by atoms with E-state index in [0.29, 0.717) is 23.5 Å². The van der Waals surface area contributed by atoms with Crippen molar-refractivity contribution in [1.29, 1.82) is 0 Å². The van der Waals surface area contributed by atoms with Gasteiger partial charge in [-0.05, 0) is 78.8 Å². The number of hydrogen-bond acceptors (Lipinski definition) is 2. The third-order valence-corrected chi connectivity index (χ3v) is 12.7. The zero-order valence-electron chi connectivity index (χ0n) is 22.2. The first-order valence-electron chi connectivity index (χ1n) is 13.1. The van der Waals surface area contributed by atoms with Gasteiger partial charge in [-0.15, -0.1) is 0 Å². The molecule has 1 fully saturated rings. The summed E-state index contributed by atoms with van der Waals surface area (Å²) in [5.74, 6) is 3.05. The molecule has 0 heterocycles. The van der Waals surface area contributed by atoms with Crippen LogP contribution in [0, 0.1) is 23.7 Å². The fourth-order valence-corrected chi connectivity index (χ4v) is 6.51. The van der Waals surface area contributed by atoms with Crippen LogP contribution < -0.4 is 0 Å². The average molecular weight is 459 g/mol. The number of hydrogen-bond donors (Lipinski definition) is 1. The number of benzene rings is 1. The largest absolute Gasteiger partial charge is 0.508 e. The van der Waals surface area contributed by atoms with Crippen molar-refractivity contribution in [1.82, 2.24) is 0 Å². The third-order valence-electron chi connectivity index (χ3n) is 8.23. The SMILES string of the molecule is CCCCC[C@@H](/C=C/[C@@H]1[C@@H](Cc2cccc(O)c2)[C@@H](CC)C[C@H]1C)O[Si](C)(C)C(C)(C)C. The highest BCUT2D eigenvalue weighted by molar-refractivity contribution is 6.74. The van der Waals surface area contributed by atoms with Gasteiger partial charge in [0, 0.05) is 0 Å². The van der Waals surface area contributed by atoms with Crippen molar-refractivity contribution < 1.29 is 9.53 Å². The van der Waals surface area contributed by atoms with Gasteiger partial charge in [0.15, 0.2) is 8.32 Å². The lowest BCUT2D eigenvalue weighted by atomic mass is 9.81. The first-order valence-corrected chi connectivity index (χ1v) is 16.0. The van der Waals surface area contributed by atoms with Crippen LogP contribution in [-0.4, -0.2) is 19.5 Å². The molecule has 0 bridgehead atoms. The second kappa shape index (κ2) is 11.9. The Bertz CT molecular complexity index is 718. The average Bonchev–Trinajstić information content (AvgIpc) is 2.99. The first-order chi connectivity index (χ1) is 15.0. The molecular weight excluding hydrogens is 408 g/mol. The van der Waals surface area contributed by atoms with Gasteiger partial charge in [0.2, 0.25) is 0 Å². The van der Waals surface area contributed by atoms with Crippen molar-refractivity contribution in [3.63, 3.8) is 0 Å². The van der Waals surface area contributed by atoms with E-state index in [2.05, 4.69) is 72.9 Å². The molecule has 0 spiro atoms. The summed E-state index contributed by atoms with van der Waals surface area (Å²) in [7, 11) is -1.81. The van der Waals surface area contributed by atoms with Crippen LogP contribution in [0.25, 0.3) is 0 Å². The maximum absolute atomic E-state index is 9.95. The molecule has 0 unspecified atom stereocenters. The van der Waals surface area contributed by atoms with E-state index in [1.54, 1.807) is 6.07 Å². The minimum absolute atomic E-state index is 0.232. The van der Waals surface area contributed by atoms with Crippen molar-refractivity contribution in [2.45, 2.75) is 111 Å². The summed E-state index contributed by atoms with van der Waals surface area (Å²) in [6.45, 7) is 18.8. The molecule has 1 N–H and O–H groups in total. The van der Waals surface area contributed by atoms with Crippen LogP contribution in [0.3, 0.4) is 0 Å². The minimum atomic E-state index is -1.81. The van der Waals surface area contributed by atoms with Gasteiger partial charge in [-0.2, -0.15) is 0 Å². The van der Waals surface area contributed by atoms with E-state index in [1.165, 1.54) is 37.7 Å². The van der Waals surface area contributed by atoms with Crippen molar-refractivity contribution in [2.75, 3.05) is 0 Å². The molecule has 5 atom stereocenters. The summed E-state index contributed by atoms with van der Waals surface area (Å²) >= 11 is 0. The number of phenolic OH excluding ortho intramolecular Hbond substituents is 1. The van der Waals surface area contributed by atoms with E-state index in [-0.39, 0.29) is 11.1 Å². The van der Waals surface area contributed by atoms with E-state index in [1.807, 2.05) is 12.1 Å². The normalized spacial score (nSPS) is 25.5. The molecule has 2 rings (SSSR count). The van der Waals surface area contributed by atoms with Gasteiger partial charge in [0.1, 0.15) is 5.75 Å². The number of allylic oxidation sites excluding steroid dienone is 1. The van der Waals surface area contributed by atoms with Crippen molar-refractivity contribution in [2.24, 2.45) is 23.7 Å². The maximum atomic E-state index is 9.95. The summed E-state index contributed by atoms with van der Waals surface area (Å²) in [5.41, 5.74) is 1.26. The van der Waals surface area contributed by atoms with Crippen LogP contribution in [-0.2, 0) is 10.8 Å². The van der Waals surface area contributed by atoms with Gasteiger partial charge in [-0.1, -0.05) is 91.5 Å². The summed E-state index contributed by atoms with van der Waals surface area (Å²) in [4.78, 5) is 0. The zero-order valence-corrected chi connectivity index (χ0v) is 23.2. The van der Waals surface area contributed by atoms with Crippen LogP contribution >= 0.6 is 0 Å². The van der Waals surface area contributed by atoms with E-state index in [4.69, 9.17) is 4.43 Å². The molecular formula is C29H50O2Si.